The topological polar surface area (TPSA) is 77.3 Å². The summed E-state index contributed by atoms with van der Waals surface area (Å²) in [6.45, 7) is 1.06. The smallest absolute Gasteiger partial charge is 0.327 e. The highest BCUT2D eigenvalue weighted by atomic mass is 32.1. The zero-order valence-corrected chi connectivity index (χ0v) is 18.2. The lowest BCUT2D eigenvalue weighted by atomic mass is 9.93. The predicted molar refractivity (Wildman–Crippen MR) is 116 cm³/mol. The van der Waals surface area contributed by atoms with Gasteiger partial charge in [-0.3, -0.25) is 14.5 Å². The maximum Gasteiger partial charge on any atom is 0.327 e. The normalized spacial score (nSPS) is 21.8. The number of carbonyl (C=O) groups excluding carboxylic acids is 2. The van der Waals surface area contributed by atoms with Crippen LogP contribution < -0.4 is 0 Å². The molecule has 7 nitrogen and oxygen atoms in total. The standard InChI is InChI=1S/C22H25FN4O3S/c1-30-20(28)13-27-16(11-24-25-27)10-15-12-26(9-8-19(15)31)21(22(29)14-6-7-14)17-4-2-3-5-18(17)23/h2-5,10-11,14,19,21,31H,6-9,12-13H2,1H3/b15-10+. The van der Waals surface area contributed by atoms with Gasteiger partial charge < -0.3 is 4.74 Å². The Balaban J connectivity index is 1.62. The van der Waals surface area contributed by atoms with Gasteiger partial charge in [0.1, 0.15) is 12.4 Å². The summed E-state index contributed by atoms with van der Waals surface area (Å²) in [5.74, 6) is -0.691. The van der Waals surface area contributed by atoms with E-state index in [-0.39, 0.29) is 29.3 Å². The fourth-order valence-electron chi connectivity index (χ4n) is 3.95. The molecule has 31 heavy (non-hydrogen) atoms. The number of thiol groups is 1. The molecule has 164 valence electrons. The molecule has 1 aliphatic heterocycles. The molecule has 1 aliphatic carbocycles. The maximum atomic E-state index is 14.7. The van der Waals surface area contributed by atoms with Crippen molar-refractivity contribution in [3.05, 3.63) is 53.1 Å². The second-order valence-corrected chi connectivity index (χ2v) is 8.61. The van der Waals surface area contributed by atoms with Gasteiger partial charge in [0.25, 0.3) is 0 Å². The minimum Gasteiger partial charge on any atom is -0.468 e. The number of benzene rings is 1. The van der Waals surface area contributed by atoms with Gasteiger partial charge in [-0.15, -0.1) is 5.10 Å². The lowest BCUT2D eigenvalue weighted by Crippen LogP contribution is -2.42. The largest absolute Gasteiger partial charge is 0.468 e. The Kier molecular flexibility index (Phi) is 6.52. The Hall–Kier alpha value is -2.52. The number of halogens is 1. The molecule has 4 rings (SSSR count). The molecule has 0 N–H and O–H groups in total. The highest BCUT2D eigenvalue weighted by Gasteiger charge is 2.40. The van der Waals surface area contributed by atoms with E-state index in [1.165, 1.54) is 17.9 Å². The third-order valence-electron chi connectivity index (χ3n) is 5.81. The molecule has 1 aromatic heterocycles. The number of likely N-dealkylation sites (tertiary alicyclic amines) is 1. The van der Waals surface area contributed by atoms with Gasteiger partial charge in [-0.05, 0) is 37.0 Å². The van der Waals surface area contributed by atoms with E-state index < -0.39 is 12.0 Å². The number of methoxy groups -OCH3 is 1. The molecule has 1 saturated heterocycles. The quantitative estimate of drug-likeness (QED) is 0.523. The van der Waals surface area contributed by atoms with Gasteiger partial charge in [0.2, 0.25) is 0 Å². The van der Waals surface area contributed by atoms with Crippen molar-refractivity contribution in [1.29, 1.82) is 0 Å². The predicted octanol–water partition coefficient (Wildman–Crippen LogP) is 2.70. The first kappa shape index (κ1) is 21.7. The Morgan fingerprint density at radius 2 is 2.10 bits per heavy atom. The molecular weight excluding hydrogens is 419 g/mol. The molecule has 1 saturated carbocycles. The van der Waals surface area contributed by atoms with Crippen molar-refractivity contribution in [2.45, 2.75) is 37.1 Å². The Bertz CT molecular complexity index is 1000. The summed E-state index contributed by atoms with van der Waals surface area (Å²) >= 11 is 4.72. The fourth-order valence-corrected chi connectivity index (χ4v) is 4.22. The summed E-state index contributed by atoms with van der Waals surface area (Å²) in [5.41, 5.74) is 2.04. The number of carbonyl (C=O) groups is 2. The molecule has 9 heteroatoms. The van der Waals surface area contributed by atoms with Crippen molar-refractivity contribution >= 4 is 30.5 Å². The van der Waals surface area contributed by atoms with Crippen LogP contribution in [0.2, 0.25) is 0 Å². The number of Topliss-reactive ketones (excluding diaryl/α,β-unsaturated/α-hetero) is 1. The van der Waals surface area contributed by atoms with Gasteiger partial charge in [0.15, 0.2) is 5.78 Å². The van der Waals surface area contributed by atoms with Gasteiger partial charge in [0, 0.05) is 29.8 Å². The molecule has 0 spiro atoms. The van der Waals surface area contributed by atoms with Crippen LogP contribution in [0.5, 0.6) is 0 Å². The first-order valence-electron chi connectivity index (χ1n) is 10.3. The van der Waals surface area contributed by atoms with Gasteiger partial charge in [0.05, 0.1) is 25.0 Å². The van der Waals surface area contributed by atoms with E-state index in [0.717, 1.165) is 24.8 Å². The van der Waals surface area contributed by atoms with Crippen molar-refractivity contribution < 1.29 is 18.7 Å². The number of rotatable bonds is 7. The lowest BCUT2D eigenvalue weighted by molar-refractivity contribution is -0.141. The van der Waals surface area contributed by atoms with Gasteiger partial charge in [-0.2, -0.15) is 12.6 Å². The van der Waals surface area contributed by atoms with Gasteiger partial charge in [-0.25, -0.2) is 9.07 Å². The zero-order valence-electron chi connectivity index (χ0n) is 17.3. The van der Waals surface area contributed by atoms with Crippen LogP contribution in [0.15, 0.2) is 36.0 Å². The number of nitrogens with zero attached hydrogens (tertiary/aromatic N) is 4. The van der Waals surface area contributed by atoms with Crippen LogP contribution in [0, 0.1) is 11.7 Å². The third kappa shape index (κ3) is 4.88. The van der Waals surface area contributed by atoms with E-state index in [0.29, 0.717) is 24.3 Å². The van der Waals surface area contributed by atoms with E-state index in [2.05, 4.69) is 10.3 Å². The van der Waals surface area contributed by atoms with Crippen molar-refractivity contribution in [3.63, 3.8) is 0 Å². The zero-order chi connectivity index (χ0) is 22.0. The number of hydrogen-bond acceptors (Lipinski definition) is 7. The van der Waals surface area contributed by atoms with Crippen molar-refractivity contribution in [2.75, 3.05) is 20.2 Å². The van der Waals surface area contributed by atoms with Crippen LogP contribution >= 0.6 is 12.6 Å². The molecule has 2 atom stereocenters. The van der Waals surface area contributed by atoms with Crippen LogP contribution in [-0.2, 0) is 20.9 Å². The number of hydrogen-bond donors (Lipinski definition) is 1. The third-order valence-corrected chi connectivity index (χ3v) is 6.39. The van der Waals surface area contributed by atoms with Gasteiger partial charge in [-0.1, -0.05) is 23.4 Å². The minimum atomic E-state index is -0.615. The number of ether oxygens (including phenoxy) is 1. The fraction of sp³-hybridized carbons (Fsp3) is 0.455. The molecule has 2 heterocycles. The molecule has 2 unspecified atom stereocenters. The molecule has 2 aliphatic rings. The second-order valence-electron chi connectivity index (χ2n) is 7.99. The summed E-state index contributed by atoms with van der Waals surface area (Å²) < 4.78 is 20.8. The summed E-state index contributed by atoms with van der Waals surface area (Å²) in [7, 11) is 1.32. The Morgan fingerprint density at radius 1 is 1.32 bits per heavy atom. The highest BCUT2D eigenvalue weighted by molar-refractivity contribution is 7.81. The summed E-state index contributed by atoms with van der Waals surface area (Å²) in [6.07, 6.45) is 5.92. The van der Waals surface area contributed by atoms with Gasteiger partial charge >= 0.3 is 5.97 Å². The number of piperidine rings is 1. The molecule has 1 aromatic carbocycles. The summed E-state index contributed by atoms with van der Waals surface area (Å²) in [6, 6.07) is 5.90. The first-order chi connectivity index (χ1) is 15.0. The molecular formula is C22H25FN4O3S. The van der Waals surface area contributed by atoms with Crippen LogP contribution in [0.1, 0.15) is 36.6 Å². The number of esters is 1. The highest BCUT2D eigenvalue weighted by Crippen LogP contribution is 2.39. The molecule has 0 bridgehead atoms. The van der Waals surface area contributed by atoms with E-state index in [9.17, 15) is 14.0 Å². The number of ketones is 1. The monoisotopic (exact) mass is 444 g/mol. The first-order valence-corrected chi connectivity index (χ1v) is 10.9. The van der Waals surface area contributed by atoms with Crippen LogP contribution in [0.25, 0.3) is 6.08 Å². The minimum absolute atomic E-state index is 0.0106. The summed E-state index contributed by atoms with van der Waals surface area (Å²) in [4.78, 5) is 26.8. The SMILES string of the molecule is COC(=O)Cn1nncc1/C=C1\CN(C(C(=O)C2CC2)c2ccccc2F)CCC1S. The molecule has 2 fully saturated rings. The molecule has 2 aromatic rings. The van der Waals surface area contributed by atoms with Crippen LogP contribution in [-0.4, -0.2) is 57.1 Å². The van der Waals surface area contributed by atoms with Crippen molar-refractivity contribution in [1.82, 2.24) is 19.9 Å². The average Bonchev–Trinajstić information content (AvgIpc) is 3.53. The lowest BCUT2D eigenvalue weighted by Gasteiger charge is -2.37. The Morgan fingerprint density at radius 3 is 2.81 bits per heavy atom. The second kappa shape index (κ2) is 9.32. The van der Waals surface area contributed by atoms with Crippen molar-refractivity contribution in [3.8, 4) is 0 Å². The summed E-state index contributed by atoms with van der Waals surface area (Å²) in [5, 5.41) is 7.82. The maximum absolute atomic E-state index is 14.7. The molecule has 0 amide bonds. The van der Waals surface area contributed by atoms with Crippen LogP contribution in [0.4, 0.5) is 4.39 Å². The average molecular weight is 445 g/mol. The van der Waals surface area contributed by atoms with Crippen molar-refractivity contribution in [2.24, 2.45) is 5.92 Å². The number of aromatic nitrogens is 3. The Labute approximate surface area is 185 Å². The van der Waals surface area contributed by atoms with E-state index in [1.54, 1.807) is 24.4 Å². The van der Waals surface area contributed by atoms with E-state index in [1.807, 2.05) is 11.0 Å². The van der Waals surface area contributed by atoms with E-state index >= 15 is 0 Å². The van der Waals surface area contributed by atoms with E-state index in [4.69, 9.17) is 17.4 Å². The molecule has 0 radical (unpaired) electrons. The van der Waals surface area contributed by atoms with Crippen LogP contribution in [0.3, 0.4) is 0 Å².